The second-order valence-corrected chi connectivity index (χ2v) is 3.38. The molecular weight excluding hydrogens is 224 g/mol. The monoisotopic (exact) mass is 239 g/mol. The summed E-state index contributed by atoms with van der Waals surface area (Å²) in [6.45, 7) is 0.300. The molecule has 1 rings (SSSR count). The molecule has 0 N–H and O–H groups in total. The van der Waals surface area contributed by atoms with Crippen LogP contribution in [0.4, 0.5) is 0 Å². The highest BCUT2D eigenvalue weighted by Crippen LogP contribution is 2.18. The summed E-state index contributed by atoms with van der Waals surface area (Å²) in [6, 6.07) is 6.67. The summed E-state index contributed by atoms with van der Waals surface area (Å²) < 4.78 is 15.1. The Labute approximate surface area is 99.9 Å². The van der Waals surface area contributed by atoms with E-state index >= 15 is 0 Å². The molecule has 0 spiro atoms. The van der Waals surface area contributed by atoms with Crippen molar-refractivity contribution in [2.75, 3.05) is 20.8 Å². The molecule has 5 nitrogen and oxygen atoms in total. The summed E-state index contributed by atoms with van der Waals surface area (Å²) in [5.74, 6) is -0.117. The van der Waals surface area contributed by atoms with Crippen molar-refractivity contribution in [1.82, 2.24) is 0 Å². The molecule has 0 fully saturated rings. The van der Waals surface area contributed by atoms with E-state index in [0.29, 0.717) is 18.1 Å². The summed E-state index contributed by atoms with van der Waals surface area (Å²) in [5, 5.41) is 10.8. The SMILES string of the molecule is COCCC(Oc1ccc(OC)cc1)C(=O)[O-]. The van der Waals surface area contributed by atoms with Gasteiger partial charge < -0.3 is 24.1 Å². The highest BCUT2D eigenvalue weighted by Gasteiger charge is 2.11. The van der Waals surface area contributed by atoms with Gasteiger partial charge in [-0.3, -0.25) is 0 Å². The van der Waals surface area contributed by atoms with Gasteiger partial charge >= 0.3 is 0 Å². The molecule has 0 aliphatic carbocycles. The first-order valence-electron chi connectivity index (χ1n) is 5.18. The van der Waals surface area contributed by atoms with Crippen LogP contribution in [-0.4, -0.2) is 32.9 Å². The van der Waals surface area contributed by atoms with Crippen LogP contribution >= 0.6 is 0 Å². The predicted octanol–water partition coefficient (Wildman–Crippen LogP) is 0.229. The molecule has 1 atom stereocenters. The molecule has 0 aliphatic heterocycles. The molecule has 0 bridgehead atoms. The average Bonchev–Trinajstić information content (AvgIpc) is 2.35. The molecule has 0 aliphatic rings. The van der Waals surface area contributed by atoms with Crippen LogP contribution in [0.1, 0.15) is 6.42 Å². The van der Waals surface area contributed by atoms with Gasteiger partial charge in [0.2, 0.25) is 0 Å². The first-order valence-corrected chi connectivity index (χ1v) is 5.18. The maximum atomic E-state index is 10.8. The molecule has 1 aromatic carbocycles. The van der Waals surface area contributed by atoms with Gasteiger partial charge in [-0.25, -0.2) is 0 Å². The van der Waals surface area contributed by atoms with Gasteiger partial charge in [-0.2, -0.15) is 0 Å². The molecule has 94 valence electrons. The van der Waals surface area contributed by atoms with Crippen LogP contribution in [0.25, 0.3) is 0 Å². The predicted molar refractivity (Wildman–Crippen MR) is 58.9 cm³/mol. The van der Waals surface area contributed by atoms with E-state index in [1.165, 1.54) is 7.11 Å². The molecule has 0 heterocycles. The van der Waals surface area contributed by atoms with Crippen LogP contribution in [0.5, 0.6) is 11.5 Å². The van der Waals surface area contributed by atoms with E-state index in [1.807, 2.05) is 0 Å². The van der Waals surface area contributed by atoms with E-state index in [1.54, 1.807) is 31.4 Å². The van der Waals surface area contributed by atoms with E-state index in [9.17, 15) is 9.90 Å². The Bertz CT molecular complexity index is 346. The Hall–Kier alpha value is -1.75. The molecule has 5 heteroatoms. The van der Waals surface area contributed by atoms with Crippen LogP contribution in [0.15, 0.2) is 24.3 Å². The molecule has 0 saturated heterocycles. The summed E-state index contributed by atoms with van der Waals surface area (Å²) >= 11 is 0. The van der Waals surface area contributed by atoms with Crippen molar-refractivity contribution in [3.05, 3.63) is 24.3 Å². The molecule has 0 aromatic heterocycles. The van der Waals surface area contributed by atoms with Gasteiger partial charge in [0.25, 0.3) is 0 Å². The van der Waals surface area contributed by atoms with Crippen LogP contribution in [0.2, 0.25) is 0 Å². The number of ether oxygens (including phenoxy) is 3. The second kappa shape index (κ2) is 6.75. The van der Waals surface area contributed by atoms with E-state index in [4.69, 9.17) is 14.2 Å². The molecule has 17 heavy (non-hydrogen) atoms. The van der Waals surface area contributed by atoms with Gasteiger partial charge in [-0.1, -0.05) is 0 Å². The Morgan fingerprint density at radius 1 is 1.24 bits per heavy atom. The van der Waals surface area contributed by atoms with Crippen LogP contribution < -0.4 is 14.6 Å². The van der Waals surface area contributed by atoms with E-state index in [2.05, 4.69) is 0 Å². The zero-order valence-electron chi connectivity index (χ0n) is 9.84. The fourth-order valence-electron chi connectivity index (χ4n) is 1.27. The zero-order chi connectivity index (χ0) is 12.7. The summed E-state index contributed by atoms with van der Waals surface area (Å²) in [4.78, 5) is 10.8. The standard InChI is InChI=1S/C12H16O5/c1-15-8-7-11(12(13)14)17-10-5-3-9(16-2)4-6-10/h3-6,11H,7-8H2,1-2H3,(H,13,14)/p-1. The maximum Gasteiger partial charge on any atom is 0.140 e. The normalized spacial score (nSPS) is 11.9. The van der Waals surface area contributed by atoms with Crippen molar-refractivity contribution in [2.45, 2.75) is 12.5 Å². The first-order chi connectivity index (χ1) is 8.17. The average molecular weight is 239 g/mol. The number of aliphatic carboxylic acids is 1. The van der Waals surface area contributed by atoms with Gasteiger partial charge in [0.1, 0.15) is 17.6 Å². The summed E-state index contributed by atoms with van der Waals surface area (Å²) in [5.41, 5.74) is 0. The van der Waals surface area contributed by atoms with Gasteiger partial charge in [0.15, 0.2) is 0 Å². The first kappa shape index (κ1) is 13.3. The number of carboxylic acid groups (broad SMARTS) is 1. The quantitative estimate of drug-likeness (QED) is 0.681. The fraction of sp³-hybridized carbons (Fsp3) is 0.417. The Balaban J connectivity index is 2.61. The molecule has 1 aromatic rings. The maximum absolute atomic E-state index is 10.8. The van der Waals surface area contributed by atoms with Crippen molar-refractivity contribution in [1.29, 1.82) is 0 Å². The third-order valence-electron chi connectivity index (χ3n) is 2.18. The fourth-order valence-corrected chi connectivity index (χ4v) is 1.27. The molecule has 0 radical (unpaired) electrons. The highest BCUT2D eigenvalue weighted by atomic mass is 16.5. The Morgan fingerprint density at radius 3 is 2.29 bits per heavy atom. The third kappa shape index (κ3) is 4.32. The lowest BCUT2D eigenvalue weighted by Crippen LogP contribution is -2.40. The zero-order valence-corrected chi connectivity index (χ0v) is 9.84. The minimum atomic E-state index is -1.25. The summed E-state index contributed by atoms with van der Waals surface area (Å²) in [7, 11) is 3.05. The van der Waals surface area contributed by atoms with Gasteiger partial charge in [-0.05, 0) is 24.3 Å². The lowest BCUT2D eigenvalue weighted by atomic mass is 10.2. The number of benzene rings is 1. The van der Waals surface area contributed by atoms with E-state index < -0.39 is 12.1 Å². The second-order valence-electron chi connectivity index (χ2n) is 3.38. The Kier molecular flexibility index (Phi) is 5.29. The van der Waals surface area contributed by atoms with Crippen molar-refractivity contribution < 1.29 is 24.1 Å². The van der Waals surface area contributed by atoms with Gasteiger partial charge in [0.05, 0.1) is 19.7 Å². The van der Waals surface area contributed by atoms with Crippen LogP contribution in [-0.2, 0) is 9.53 Å². The lowest BCUT2D eigenvalue weighted by Gasteiger charge is -2.19. The van der Waals surface area contributed by atoms with Gasteiger partial charge in [-0.15, -0.1) is 0 Å². The third-order valence-corrected chi connectivity index (χ3v) is 2.18. The van der Waals surface area contributed by atoms with Crippen LogP contribution in [0.3, 0.4) is 0 Å². The smallest absolute Gasteiger partial charge is 0.140 e. The summed E-state index contributed by atoms with van der Waals surface area (Å²) in [6.07, 6.45) is -0.770. The van der Waals surface area contributed by atoms with E-state index in [0.717, 1.165) is 0 Å². The topological polar surface area (TPSA) is 67.8 Å². The number of carbonyl (C=O) groups is 1. The number of hydrogen-bond acceptors (Lipinski definition) is 5. The van der Waals surface area contributed by atoms with Crippen LogP contribution in [0, 0.1) is 0 Å². The number of rotatable bonds is 7. The minimum Gasteiger partial charge on any atom is -0.546 e. The molecule has 0 saturated carbocycles. The number of hydrogen-bond donors (Lipinski definition) is 0. The lowest BCUT2D eigenvalue weighted by molar-refractivity contribution is -0.314. The molecule has 0 amide bonds. The van der Waals surface area contributed by atoms with Crippen molar-refractivity contribution in [2.24, 2.45) is 0 Å². The van der Waals surface area contributed by atoms with Crippen molar-refractivity contribution >= 4 is 5.97 Å². The van der Waals surface area contributed by atoms with E-state index in [-0.39, 0.29) is 6.42 Å². The van der Waals surface area contributed by atoms with Gasteiger partial charge in [0, 0.05) is 13.5 Å². The molecular formula is C12H15O5-. The number of methoxy groups -OCH3 is 2. The molecule has 1 unspecified atom stereocenters. The number of carbonyl (C=O) groups excluding carboxylic acids is 1. The van der Waals surface area contributed by atoms with Crippen molar-refractivity contribution in [3.63, 3.8) is 0 Å². The highest BCUT2D eigenvalue weighted by molar-refractivity contribution is 5.70. The minimum absolute atomic E-state index is 0.241. The Morgan fingerprint density at radius 2 is 1.82 bits per heavy atom. The van der Waals surface area contributed by atoms with Crippen molar-refractivity contribution in [3.8, 4) is 11.5 Å². The number of carboxylic acids is 1. The largest absolute Gasteiger partial charge is 0.546 e.